The molecule has 1 aliphatic heterocycles. The summed E-state index contributed by atoms with van der Waals surface area (Å²) in [6.45, 7) is 5.72. The van der Waals surface area contributed by atoms with Crippen LogP contribution in [0.1, 0.15) is 42.2 Å². The van der Waals surface area contributed by atoms with E-state index in [-0.39, 0.29) is 18.0 Å². The van der Waals surface area contributed by atoms with Crippen LogP contribution >= 0.6 is 34.8 Å². The molecule has 1 aromatic heterocycles. The normalized spacial score (nSPS) is 14.1. The van der Waals surface area contributed by atoms with E-state index in [9.17, 15) is 9.59 Å². The Balaban J connectivity index is 1.59. The molecule has 0 atom stereocenters. The molecule has 190 valence electrons. The average Bonchev–Trinajstić information content (AvgIpc) is 3.20. The number of rotatable bonds is 6. The van der Waals surface area contributed by atoms with Crippen molar-refractivity contribution < 1.29 is 9.59 Å². The van der Waals surface area contributed by atoms with Crippen LogP contribution in [-0.4, -0.2) is 52.3 Å². The van der Waals surface area contributed by atoms with Crippen LogP contribution in [0.5, 0.6) is 0 Å². The van der Waals surface area contributed by atoms with Crippen LogP contribution in [-0.2, 0) is 0 Å². The molecule has 4 rings (SSSR count). The van der Waals surface area contributed by atoms with Gasteiger partial charge in [0.1, 0.15) is 0 Å². The van der Waals surface area contributed by atoms with Gasteiger partial charge in [0.2, 0.25) is 0 Å². The molecule has 0 unspecified atom stereocenters. The van der Waals surface area contributed by atoms with E-state index in [1.165, 1.54) is 0 Å². The molecule has 3 aromatic rings. The number of likely N-dealkylation sites (tertiary alicyclic amines) is 1. The number of benzene rings is 2. The molecule has 0 bridgehead atoms. The van der Waals surface area contributed by atoms with Crippen molar-refractivity contribution in [1.29, 1.82) is 0 Å². The van der Waals surface area contributed by atoms with Crippen molar-refractivity contribution in [2.45, 2.75) is 39.2 Å². The summed E-state index contributed by atoms with van der Waals surface area (Å²) in [5, 5.41) is 12.2. The van der Waals surface area contributed by atoms with Crippen LogP contribution in [0.15, 0.2) is 42.5 Å². The van der Waals surface area contributed by atoms with Gasteiger partial charge in [-0.3, -0.25) is 4.79 Å². The molecule has 0 aliphatic carbocycles. The number of aromatic nitrogens is 2. The van der Waals surface area contributed by atoms with Crippen molar-refractivity contribution in [3.8, 4) is 16.9 Å². The van der Waals surface area contributed by atoms with E-state index in [1.54, 1.807) is 39.9 Å². The molecule has 0 saturated carbocycles. The topological polar surface area (TPSA) is 79.3 Å². The van der Waals surface area contributed by atoms with E-state index in [4.69, 9.17) is 34.8 Å². The minimum Gasteiger partial charge on any atom is -0.348 e. The van der Waals surface area contributed by atoms with E-state index in [1.807, 2.05) is 26.0 Å². The Morgan fingerprint density at radius 3 is 2.33 bits per heavy atom. The van der Waals surface area contributed by atoms with Gasteiger partial charge < -0.3 is 15.5 Å². The number of carbonyl (C=O) groups excluding carboxylic acids is 2. The second-order valence-corrected chi connectivity index (χ2v) is 10.1. The number of hydrogen-bond acceptors (Lipinski definition) is 3. The van der Waals surface area contributed by atoms with Gasteiger partial charge in [-0.2, -0.15) is 5.10 Å². The molecule has 36 heavy (non-hydrogen) atoms. The number of amides is 3. The first-order valence-electron chi connectivity index (χ1n) is 11.9. The zero-order valence-corrected chi connectivity index (χ0v) is 22.4. The maximum absolute atomic E-state index is 13.4. The fourth-order valence-electron chi connectivity index (χ4n) is 4.31. The highest BCUT2D eigenvalue weighted by molar-refractivity contribution is 6.35. The molecule has 7 nitrogen and oxygen atoms in total. The van der Waals surface area contributed by atoms with Gasteiger partial charge >= 0.3 is 6.03 Å². The van der Waals surface area contributed by atoms with Crippen LogP contribution in [0.4, 0.5) is 4.79 Å². The Bertz CT molecular complexity index is 1250. The summed E-state index contributed by atoms with van der Waals surface area (Å²) in [6, 6.07) is 12.4. The lowest BCUT2D eigenvalue weighted by molar-refractivity contribution is 0.0912. The number of nitrogens with one attached hydrogen (secondary N) is 2. The fourth-order valence-corrected chi connectivity index (χ4v) is 4.92. The Kier molecular flexibility index (Phi) is 8.44. The predicted octanol–water partition coefficient (Wildman–Crippen LogP) is 6.12. The first-order valence-corrected chi connectivity index (χ1v) is 13.1. The molecule has 0 spiro atoms. The van der Waals surface area contributed by atoms with Gasteiger partial charge in [0.25, 0.3) is 5.91 Å². The van der Waals surface area contributed by atoms with Crippen LogP contribution in [0.25, 0.3) is 16.9 Å². The molecule has 1 aliphatic rings. The Morgan fingerprint density at radius 1 is 1.03 bits per heavy atom. The highest BCUT2D eigenvalue weighted by atomic mass is 35.5. The minimum absolute atomic E-state index is 0.0459. The zero-order valence-electron chi connectivity index (χ0n) is 20.2. The Labute approximate surface area is 225 Å². The molecule has 3 amide bonds. The van der Waals surface area contributed by atoms with Gasteiger partial charge in [-0.15, -0.1) is 0 Å². The number of nitrogens with zero attached hydrogens (tertiary/aromatic N) is 3. The highest BCUT2D eigenvalue weighted by Crippen LogP contribution is 2.33. The van der Waals surface area contributed by atoms with Crippen molar-refractivity contribution in [2.75, 3.05) is 19.6 Å². The largest absolute Gasteiger partial charge is 0.348 e. The molecule has 2 heterocycles. The monoisotopic (exact) mass is 547 g/mol. The summed E-state index contributed by atoms with van der Waals surface area (Å²) in [4.78, 5) is 27.4. The predicted molar refractivity (Wildman–Crippen MR) is 145 cm³/mol. The van der Waals surface area contributed by atoms with E-state index >= 15 is 0 Å². The van der Waals surface area contributed by atoms with Gasteiger partial charge in [-0.05, 0) is 56.5 Å². The number of piperidine rings is 1. The summed E-state index contributed by atoms with van der Waals surface area (Å²) < 4.78 is 1.67. The van der Waals surface area contributed by atoms with Gasteiger partial charge in [0.05, 0.1) is 16.4 Å². The molecule has 10 heteroatoms. The number of halogens is 3. The van der Waals surface area contributed by atoms with Crippen molar-refractivity contribution in [3.05, 3.63) is 68.8 Å². The van der Waals surface area contributed by atoms with Crippen molar-refractivity contribution in [2.24, 2.45) is 0 Å². The summed E-state index contributed by atoms with van der Waals surface area (Å²) in [5.74, 6) is -0.263. The van der Waals surface area contributed by atoms with Crippen LogP contribution in [0.3, 0.4) is 0 Å². The first kappa shape index (κ1) is 26.3. The lowest BCUT2D eigenvalue weighted by Crippen LogP contribution is -2.49. The fraction of sp³-hybridized carbons (Fsp3) is 0.346. The average molecular weight is 549 g/mol. The van der Waals surface area contributed by atoms with Crippen LogP contribution in [0, 0.1) is 6.92 Å². The third-order valence-electron chi connectivity index (χ3n) is 6.24. The van der Waals surface area contributed by atoms with E-state index in [2.05, 4.69) is 15.7 Å². The molecule has 2 aromatic carbocycles. The lowest BCUT2D eigenvalue weighted by Gasteiger charge is -2.32. The number of carbonyl (C=O) groups is 2. The van der Waals surface area contributed by atoms with Crippen molar-refractivity contribution in [3.63, 3.8) is 0 Å². The van der Waals surface area contributed by atoms with E-state index < -0.39 is 0 Å². The maximum atomic E-state index is 13.4. The summed E-state index contributed by atoms with van der Waals surface area (Å²) in [7, 11) is 0. The highest BCUT2D eigenvalue weighted by Gasteiger charge is 2.27. The second-order valence-electron chi connectivity index (χ2n) is 8.80. The van der Waals surface area contributed by atoms with Gasteiger partial charge in [-0.25, -0.2) is 9.48 Å². The molecule has 1 saturated heterocycles. The quantitative estimate of drug-likeness (QED) is 0.389. The Hall–Kier alpha value is -2.74. The molecular formula is C26H28Cl3N5O2. The van der Waals surface area contributed by atoms with E-state index in [0.717, 1.165) is 23.2 Å². The molecular weight excluding hydrogens is 521 g/mol. The first-order chi connectivity index (χ1) is 17.3. The lowest BCUT2D eigenvalue weighted by atomic mass is 10.0. The third kappa shape index (κ3) is 5.80. The van der Waals surface area contributed by atoms with Crippen molar-refractivity contribution in [1.82, 2.24) is 25.3 Å². The third-order valence-corrected chi connectivity index (χ3v) is 7.03. The summed E-state index contributed by atoms with van der Waals surface area (Å²) in [6.07, 6.45) is 2.25. The van der Waals surface area contributed by atoms with Gasteiger partial charge in [-0.1, -0.05) is 53.9 Å². The molecule has 2 N–H and O–H groups in total. The van der Waals surface area contributed by atoms with Gasteiger partial charge in [0, 0.05) is 46.8 Å². The maximum Gasteiger partial charge on any atom is 0.317 e. The van der Waals surface area contributed by atoms with Crippen LogP contribution < -0.4 is 10.6 Å². The zero-order chi connectivity index (χ0) is 25.8. The van der Waals surface area contributed by atoms with Gasteiger partial charge in [0.15, 0.2) is 5.69 Å². The second kappa shape index (κ2) is 11.5. The molecule has 0 radical (unpaired) electrons. The SMILES string of the molecule is CCCNC(=O)N1CCC(NC(=O)c2nn(-c3ccc(Cl)cc3Cl)c(-c3ccc(Cl)cc3)c2C)CC1. The number of urea groups is 1. The number of hydrogen-bond donors (Lipinski definition) is 2. The minimum atomic E-state index is -0.263. The van der Waals surface area contributed by atoms with Crippen molar-refractivity contribution >= 4 is 46.7 Å². The van der Waals surface area contributed by atoms with Crippen LogP contribution in [0.2, 0.25) is 15.1 Å². The summed E-state index contributed by atoms with van der Waals surface area (Å²) >= 11 is 18.7. The van der Waals surface area contributed by atoms with E-state index in [0.29, 0.717) is 58.9 Å². The molecule has 1 fully saturated rings. The smallest absolute Gasteiger partial charge is 0.317 e. The summed E-state index contributed by atoms with van der Waals surface area (Å²) in [5.41, 5.74) is 3.23. The Morgan fingerprint density at radius 2 is 1.69 bits per heavy atom. The standard InChI is InChI=1S/C26H28Cl3N5O2/c1-3-12-30-26(36)33-13-10-20(11-14-33)31-25(35)23-16(2)24(17-4-6-18(27)7-5-17)34(32-23)22-9-8-19(28)15-21(22)29/h4-9,15,20H,3,10-14H2,1-2H3,(H,30,36)(H,31,35).